The van der Waals surface area contributed by atoms with Crippen molar-refractivity contribution in [2.24, 2.45) is 7.05 Å². The summed E-state index contributed by atoms with van der Waals surface area (Å²) < 4.78 is 1.88. The van der Waals surface area contributed by atoms with Gasteiger partial charge in [-0.2, -0.15) is 0 Å². The van der Waals surface area contributed by atoms with Gasteiger partial charge in [0.1, 0.15) is 5.82 Å². The summed E-state index contributed by atoms with van der Waals surface area (Å²) in [6.07, 6.45) is 0. The Labute approximate surface area is 153 Å². The van der Waals surface area contributed by atoms with Gasteiger partial charge in [0.25, 0.3) is 0 Å². The van der Waals surface area contributed by atoms with Gasteiger partial charge in [-0.1, -0.05) is 11.8 Å². The average molecular weight is 369 g/mol. The predicted molar refractivity (Wildman–Crippen MR) is 97.4 cm³/mol. The van der Waals surface area contributed by atoms with Crippen molar-refractivity contribution in [2.75, 3.05) is 38.5 Å². The Bertz CT molecular complexity index is 617. The zero-order valence-electron chi connectivity index (χ0n) is 15.7. The molecule has 25 heavy (non-hydrogen) atoms. The van der Waals surface area contributed by atoms with E-state index in [-0.39, 0.29) is 17.4 Å². The van der Waals surface area contributed by atoms with Crippen LogP contribution >= 0.6 is 11.8 Å². The van der Waals surface area contributed by atoms with E-state index in [9.17, 15) is 9.59 Å². The SMILES string of the molecule is Cc1nnc(SCC(=O)N2CCN(CC(=O)NC(C)(C)C)CC2)n1C. The fourth-order valence-corrected chi connectivity index (χ4v) is 3.41. The average Bonchev–Trinajstić information content (AvgIpc) is 2.83. The number of rotatable bonds is 5. The first-order valence-corrected chi connectivity index (χ1v) is 9.44. The van der Waals surface area contributed by atoms with E-state index in [2.05, 4.69) is 20.4 Å². The standard InChI is InChI=1S/C16H28N6O2S/c1-12-18-19-15(20(12)5)25-11-14(24)22-8-6-21(7-9-22)10-13(23)17-16(2,3)4/h6-11H2,1-5H3,(H,17,23). The molecule has 1 aliphatic rings. The monoisotopic (exact) mass is 368 g/mol. The van der Waals surface area contributed by atoms with Crippen LogP contribution in [0.5, 0.6) is 0 Å². The number of amides is 2. The van der Waals surface area contributed by atoms with Gasteiger partial charge in [-0.3, -0.25) is 14.5 Å². The lowest BCUT2D eigenvalue weighted by Gasteiger charge is -2.34. The van der Waals surface area contributed by atoms with E-state index < -0.39 is 0 Å². The lowest BCUT2D eigenvalue weighted by Crippen LogP contribution is -2.53. The number of hydrogen-bond acceptors (Lipinski definition) is 6. The normalized spacial score (nSPS) is 16.1. The van der Waals surface area contributed by atoms with E-state index in [1.165, 1.54) is 11.8 Å². The van der Waals surface area contributed by atoms with E-state index in [0.29, 0.717) is 25.4 Å². The minimum Gasteiger partial charge on any atom is -0.350 e. The Morgan fingerprint density at radius 3 is 2.32 bits per heavy atom. The molecule has 1 fully saturated rings. The fourth-order valence-electron chi connectivity index (χ4n) is 2.55. The first-order chi connectivity index (χ1) is 11.7. The van der Waals surface area contributed by atoms with Gasteiger partial charge in [-0.25, -0.2) is 0 Å². The molecule has 1 aliphatic heterocycles. The maximum absolute atomic E-state index is 12.4. The van der Waals surface area contributed by atoms with Crippen LogP contribution in [0.3, 0.4) is 0 Å². The van der Waals surface area contributed by atoms with Crippen LogP contribution in [0, 0.1) is 6.92 Å². The highest BCUT2D eigenvalue weighted by atomic mass is 32.2. The second-order valence-electron chi connectivity index (χ2n) is 7.33. The summed E-state index contributed by atoms with van der Waals surface area (Å²) in [5.74, 6) is 1.32. The molecule has 0 atom stereocenters. The molecule has 1 saturated heterocycles. The molecule has 0 saturated carbocycles. The molecular formula is C16H28N6O2S. The molecule has 0 radical (unpaired) electrons. The van der Waals surface area contributed by atoms with Crippen LogP contribution in [-0.4, -0.2) is 80.4 Å². The van der Waals surface area contributed by atoms with Crippen LogP contribution in [0.25, 0.3) is 0 Å². The molecule has 1 N–H and O–H groups in total. The molecule has 0 unspecified atom stereocenters. The maximum Gasteiger partial charge on any atom is 0.234 e. The van der Waals surface area contributed by atoms with E-state index >= 15 is 0 Å². The van der Waals surface area contributed by atoms with Crippen molar-refractivity contribution in [3.05, 3.63) is 5.82 Å². The summed E-state index contributed by atoms with van der Waals surface area (Å²) in [6, 6.07) is 0. The number of nitrogens with one attached hydrogen (secondary N) is 1. The van der Waals surface area contributed by atoms with Gasteiger partial charge in [-0.15, -0.1) is 10.2 Å². The molecule has 0 bridgehead atoms. The van der Waals surface area contributed by atoms with E-state index in [1.54, 1.807) is 0 Å². The van der Waals surface area contributed by atoms with Crippen LogP contribution < -0.4 is 5.32 Å². The smallest absolute Gasteiger partial charge is 0.234 e. The van der Waals surface area contributed by atoms with Gasteiger partial charge in [0.05, 0.1) is 12.3 Å². The summed E-state index contributed by atoms with van der Waals surface area (Å²) in [7, 11) is 1.89. The molecule has 1 aromatic rings. The van der Waals surface area contributed by atoms with Gasteiger partial charge in [0, 0.05) is 38.8 Å². The third kappa shape index (κ3) is 6.00. The molecule has 8 nitrogen and oxygen atoms in total. The van der Waals surface area contributed by atoms with Crippen LogP contribution in [0.15, 0.2) is 5.16 Å². The Balaban J connectivity index is 1.73. The number of piperazine rings is 1. The van der Waals surface area contributed by atoms with Crippen molar-refractivity contribution in [2.45, 2.75) is 38.4 Å². The third-order valence-corrected chi connectivity index (χ3v) is 4.99. The number of carbonyl (C=O) groups excluding carboxylic acids is 2. The highest BCUT2D eigenvalue weighted by Crippen LogP contribution is 2.16. The van der Waals surface area contributed by atoms with E-state index in [1.807, 2.05) is 44.2 Å². The summed E-state index contributed by atoms with van der Waals surface area (Å²) >= 11 is 1.41. The summed E-state index contributed by atoms with van der Waals surface area (Å²) in [5.41, 5.74) is -0.218. The molecule has 140 valence electrons. The molecule has 0 aliphatic carbocycles. The number of aryl methyl sites for hydroxylation is 1. The zero-order valence-corrected chi connectivity index (χ0v) is 16.5. The van der Waals surface area contributed by atoms with Gasteiger partial charge in [0.2, 0.25) is 11.8 Å². The van der Waals surface area contributed by atoms with Crippen molar-refractivity contribution < 1.29 is 9.59 Å². The quantitative estimate of drug-likeness (QED) is 0.752. The number of nitrogens with zero attached hydrogens (tertiary/aromatic N) is 5. The van der Waals surface area contributed by atoms with Gasteiger partial charge in [-0.05, 0) is 27.7 Å². The Kier molecular flexibility index (Phi) is 6.45. The molecule has 9 heteroatoms. The van der Waals surface area contributed by atoms with Crippen molar-refractivity contribution >= 4 is 23.6 Å². The highest BCUT2D eigenvalue weighted by molar-refractivity contribution is 7.99. The van der Waals surface area contributed by atoms with Gasteiger partial charge in [0.15, 0.2) is 5.16 Å². The minimum atomic E-state index is -0.218. The Hall–Kier alpha value is -1.61. The molecular weight excluding hydrogens is 340 g/mol. The molecule has 2 heterocycles. The Morgan fingerprint density at radius 2 is 1.80 bits per heavy atom. The number of aromatic nitrogens is 3. The van der Waals surface area contributed by atoms with Crippen molar-refractivity contribution in [1.29, 1.82) is 0 Å². The molecule has 2 rings (SSSR count). The third-order valence-electron chi connectivity index (χ3n) is 3.98. The van der Waals surface area contributed by atoms with Crippen LogP contribution in [0.4, 0.5) is 0 Å². The number of hydrogen-bond donors (Lipinski definition) is 1. The topological polar surface area (TPSA) is 83.4 Å². The first kappa shape index (κ1) is 19.7. The summed E-state index contributed by atoms with van der Waals surface area (Å²) in [6.45, 7) is 10.9. The first-order valence-electron chi connectivity index (χ1n) is 8.45. The molecule has 0 aromatic carbocycles. The summed E-state index contributed by atoms with van der Waals surface area (Å²) in [4.78, 5) is 28.3. The second kappa shape index (κ2) is 8.18. The summed E-state index contributed by atoms with van der Waals surface area (Å²) in [5, 5.41) is 11.8. The van der Waals surface area contributed by atoms with Gasteiger partial charge < -0.3 is 14.8 Å². The van der Waals surface area contributed by atoms with Crippen molar-refractivity contribution in [3.8, 4) is 0 Å². The number of carbonyl (C=O) groups is 2. The van der Waals surface area contributed by atoms with Gasteiger partial charge >= 0.3 is 0 Å². The molecule has 2 amide bonds. The molecule has 0 spiro atoms. The van der Waals surface area contributed by atoms with Crippen LogP contribution in [0.2, 0.25) is 0 Å². The number of thioether (sulfide) groups is 1. The highest BCUT2D eigenvalue weighted by Gasteiger charge is 2.24. The van der Waals surface area contributed by atoms with E-state index in [4.69, 9.17) is 0 Å². The second-order valence-corrected chi connectivity index (χ2v) is 8.28. The molecule has 1 aromatic heterocycles. The zero-order chi connectivity index (χ0) is 18.6. The van der Waals surface area contributed by atoms with E-state index in [0.717, 1.165) is 24.1 Å². The predicted octanol–water partition coefficient (Wildman–Crippen LogP) is 0.275. The van der Waals surface area contributed by atoms with Crippen molar-refractivity contribution in [1.82, 2.24) is 29.9 Å². The van der Waals surface area contributed by atoms with Crippen molar-refractivity contribution in [3.63, 3.8) is 0 Å². The largest absolute Gasteiger partial charge is 0.350 e. The maximum atomic E-state index is 12.4. The Morgan fingerprint density at radius 1 is 1.16 bits per heavy atom. The van der Waals surface area contributed by atoms with Crippen LogP contribution in [0.1, 0.15) is 26.6 Å². The lowest BCUT2D eigenvalue weighted by molar-refractivity contribution is -0.130. The lowest BCUT2D eigenvalue weighted by atomic mass is 10.1. The minimum absolute atomic E-state index is 0.0282. The fraction of sp³-hybridized carbons (Fsp3) is 0.750. The van der Waals surface area contributed by atoms with Crippen LogP contribution in [-0.2, 0) is 16.6 Å².